The molecule has 0 bridgehead atoms. The van der Waals surface area contributed by atoms with Crippen LogP contribution in [0.1, 0.15) is 10.4 Å². The number of carbonyl (C=O) groups excluding carboxylic acids is 1. The fraction of sp³-hybridized carbons (Fsp3) is 0.111. The van der Waals surface area contributed by atoms with Gasteiger partial charge in [-0.1, -0.05) is 0 Å². The van der Waals surface area contributed by atoms with E-state index in [1.807, 2.05) is 17.7 Å². The van der Waals surface area contributed by atoms with Gasteiger partial charge >= 0.3 is 0 Å². The van der Waals surface area contributed by atoms with Crippen molar-refractivity contribution in [2.45, 2.75) is 0 Å². The highest BCUT2D eigenvalue weighted by atomic mass is 79.9. The minimum absolute atomic E-state index is 0.111. The van der Waals surface area contributed by atoms with Crippen molar-refractivity contribution in [2.75, 3.05) is 0 Å². The molecular weight excluding hydrogens is 232 g/mol. The third-order valence-corrected chi connectivity index (χ3v) is 2.41. The van der Waals surface area contributed by atoms with Gasteiger partial charge in [-0.25, -0.2) is 4.98 Å². The average Bonchev–Trinajstić information content (AvgIpc) is 2.47. The molecule has 1 heterocycles. The van der Waals surface area contributed by atoms with Crippen LogP contribution >= 0.6 is 15.9 Å². The van der Waals surface area contributed by atoms with Crippen LogP contribution in [-0.4, -0.2) is 14.2 Å². The van der Waals surface area contributed by atoms with Gasteiger partial charge in [0.1, 0.15) is 0 Å². The van der Waals surface area contributed by atoms with Crippen molar-refractivity contribution in [3.8, 4) is 0 Å². The highest BCUT2D eigenvalue weighted by Crippen LogP contribution is 2.15. The Hall–Kier alpha value is -1.16. The summed E-state index contributed by atoms with van der Waals surface area (Å²) in [5.41, 5.74) is 2.50. The molecule has 0 atom stereocenters. The molecule has 0 N–H and O–H groups in total. The van der Waals surface area contributed by atoms with Crippen LogP contribution in [0.2, 0.25) is 0 Å². The van der Waals surface area contributed by atoms with Crippen molar-refractivity contribution in [1.29, 1.82) is 0 Å². The van der Waals surface area contributed by atoms with E-state index in [2.05, 4.69) is 20.9 Å². The number of nitrogens with zero attached hydrogens (tertiary/aromatic N) is 2. The van der Waals surface area contributed by atoms with Gasteiger partial charge in [-0.15, -0.1) is 0 Å². The molecule has 13 heavy (non-hydrogen) atoms. The van der Waals surface area contributed by atoms with Crippen LogP contribution in [0.3, 0.4) is 0 Å². The number of hydrogen-bond acceptors (Lipinski definition) is 2. The number of benzene rings is 1. The Balaban J connectivity index is 2.70. The van der Waals surface area contributed by atoms with Gasteiger partial charge in [0.25, 0.3) is 0 Å². The van der Waals surface area contributed by atoms with E-state index < -0.39 is 0 Å². The van der Waals surface area contributed by atoms with Crippen LogP contribution in [-0.2, 0) is 7.05 Å². The number of fused-ring (bicyclic) bond motifs is 1. The molecule has 0 aliphatic heterocycles. The third-order valence-electron chi connectivity index (χ3n) is 1.95. The SMILES string of the molecule is Cn1cnc2cc(C(=O)Br)ccc21. The van der Waals surface area contributed by atoms with Crippen LogP contribution in [0.4, 0.5) is 0 Å². The summed E-state index contributed by atoms with van der Waals surface area (Å²) in [6.45, 7) is 0. The molecule has 0 saturated heterocycles. The topological polar surface area (TPSA) is 34.9 Å². The second-order valence-corrected chi connectivity index (χ2v) is 3.55. The minimum atomic E-state index is -0.111. The Kier molecular flexibility index (Phi) is 1.92. The van der Waals surface area contributed by atoms with Gasteiger partial charge in [-0.05, 0) is 34.1 Å². The summed E-state index contributed by atoms with van der Waals surface area (Å²) in [7, 11) is 1.92. The predicted octanol–water partition coefficient (Wildman–Crippen LogP) is 2.11. The summed E-state index contributed by atoms with van der Waals surface area (Å²) in [5.74, 6) is 0. The fourth-order valence-corrected chi connectivity index (χ4v) is 1.50. The van der Waals surface area contributed by atoms with Gasteiger partial charge in [-0.2, -0.15) is 0 Å². The zero-order chi connectivity index (χ0) is 9.42. The van der Waals surface area contributed by atoms with Gasteiger partial charge in [0, 0.05) is 12.6 Å². The maximum Gasteiger partial charge on any atom is 0.228 e. The number of halogens is 1. The first-order valence-corrected chi connectivity index (χ1v) is 4.58. The number of rotatable bonds is 1. The Labute approximate surface area is 83.5 Å². The fourth-order valence-electron chi connectivity index (χ4n) is 1.26. The summed E-state index contributed by atoms with van der Waals surface area (Å²) in [6, 6.07) is 5.43. The minimum Gasteiger partial charge on any atom is -0.334 e. The highest BCUT2D eigenvalue weighted by Gasteiger charge is 2.04. The van der Waals surface area contributed by atoms with Crippen molar-refractivity contribution < 1.29 is 4.79 Å². The number of carbonyl (C=O) groups is 1. The number of imidazole rings is 1. The van der Waals surface area contributed by atoms with Gasteiger partial charge in [-0.3, -0.25) is 4.79 Å². The van der Waals surface area contributed by atoms with Gasteiger partial charge < -0.3 is 4.57 Å². The van der Waals surface area contributed by atoms with E-state index >= 15 is 0 Å². The highest BCUT2D eigenvalue weighted by molar-refractivity contribution is 9.18. The molecule has 3 nitrogen and oxygen atoms in total. The Bertz CT molecular complexity index is 475. The lowest BCUT2D eigenvalue weighted by Gasteiger charge is -1.95. The molecule has 66 valence electrons. The first kappa shape index (κ1) is 8.44. The monoisotopic (exact) mass is 238 g/mol. The maximum absolute atomic E-state index is 11.0. The van der Waals surface area contributed by atoms with Crippen LogP contribution in [0.25, 0.3) is 11.0 Å². The van der Waals surface area contributed by atoms with Crippen LogP contribution in [0.15, 0.2) is 24.5 Å². The second-order valence-electron chi connectivity index (χ2n) is 2.83. The Morgan fingerprint density at radius 2 is 2.31 bits per heavy atom. The van der Waals surface area contributed by atoms with E-state index in [1.54, 1.807) is 18.5 Å². The summed E-state index contributed by atoms with van der Waals surface area (Å²) in [5, 5.41) is 0. The largest absolute Gasteiger partial charge is 0.334 e. The van der Waals surface area contributed by atoms with Crippen molar-refractivity contribution in [3.63, 3.8) is 0 Å². The van der Waals surface area contributed by atoms with Crippen molar-refractivity contribution in [3.05, 3.63) is 30.1 Å². The second kappa shape index (κ2) is 2.96. The molecule has 0 unspecified atom stereocenters. The first-order valence-electron chi connectivity index (χ1n) is 3.79. The lowest BCUT2D eigenvalue weighted by molar-refractivity contribution is 0.109. The Morgan fingerprint density at radius 3 is 3.00 bits per heavy atom. The molecule has 0 aliphatic rings. The molecule has 0 saturated carbocycles. The van der Waals surface area contributed by atoms with E-state index in [4.69, 9.17) is 0 Å². The smallest absolute Gasteiger partial charge is 0.228 e. The van der Waals surface area contributed by atoms with Crippen molar-refractivity contribution in [1.82, 2.24) is 9.55 Å². The lowest BCUT2D eigenvalue weighted by atomic mass is 10.2. The molecule has 0 aliphatic carbocycles. The standard InChI is InChI=1S/C9H7BrN2O/c1-12-5-11-7-4-6(9(10)13)2-3-8(7)12/h2-5H,1H3. The van der Waals surface area contributed by atoms with E-state index in [0.717, 1.165) is 11.0 Å². The quantitative estimate of drug-likeness (QED) is 0.714. The molecule has 4 heteroatoms. The molecule has 0 radical (unpaired) electrons. The van der Waals surface area contributed by atoms with E-state index in [-0.39, 0.29) is 4.69 Å². The molecule has 2 aromatic rings. The maximum atomic E-state index is 11.0. The van der Waals surface area contributed by atoms with E-state index in [1.165, 1.54) is 0 Å². The van der Waals surface area contributed by atoms with Gasteiger partial charge in [0.15, 0.2) is 0 Å². The number of aromatic nitrogens is 2. The van der Waals surface area contributed by atoms with Crippen LogP contribution < -0.4 is 0 Å². The summed E-state index contributed by atoms with van der Waals surface area (Å²) < 4.78 is 1.80. The summed E-state index contributed by atoms with van der Waals surface area (Å²) >= 11 is 2.90. The number of hydrogen-bond donors (Lipinski definition) is 0. The van der Waals surface area contributed by atoms with E-state index in [9.17, 15) is 4.79 Å². The average molecular weight is 239 g/mol. The van der Waals surface area contributed by atoms with Gasteiger partial charge in [0.05, 0.1) is 17.4 Å². The molecule has 0 amide bonds. The first-order chi connectivity index (χ1) is 6.18. The summed E-state index contributed by atoms with van der Waals surface area (Å²) in [4.78, 5) is 15.1. The van der Waals surface area contributed by atoms with Gasteiger partial charge in [0.2, 0.25) is 4.69 Å². The van der Waals surface area contributed by atoms with Crippen molar-refractivity contribution in [2.24, 2.45) is 7.05 Å². The zero-order valence-corrected chi connectivity index (χ0v) is 8.58. The molecule has 0 spiro atoms. The molecule has 1 aromatic heterocycles. The van der Waals surface area contributed by atoms with Crippen LogP contribution in [0, 0.1) is 0 Å². The Morgan fingerprint density at radius 1 is 1.54 bits per heavy atom. The van der Waals surface area contributed by atoms with Crippen LogP contribution in [0.5, 0.6) is 0 Å². The molecule has 0 fully saturated rings. The molecule has 2 rings (SSSR count). The zero-order valence-electron chi connectivity index (χ0n) is 6.99. The lowest BCUT2D eigenvalue weighted by Crippen LogP contribution is -1.88. The molecular formula is C9H7BrN2O. The molecule has 1 aromatic carbocycles. The van der Waals surface area contributed by atoms with Crippen molar-refractivity contribution >= 4 is 31.7 Å². The third kappa shape index (κ3) is 1.37. The summed E-state index contributed by atoms with van der Waals surface area (Å²) in [6.07, 6.45) is 1.73. The van der Waals surface area contributed by atoms with E-state index in [0.29, 0.717) is 5.56 Å². The number of aryl methyl sites for hydroxylation is 1. The predicted molar refractivity (Wildman–Crippen MR) is 54.0 cm³/mol. The normalized spacial score (nSPS) is 10.6.